The molecule has 2 amide bonds. The average molecular weight is 318 g/mol. The zero-order valence-corrected chi connectivity index (χ0v) is 14.4. The molecule has 2 atom stereocenters. The Hall–Kier alpha value is -2.04. The highest BCUT2D eigenvalue weighted by Gasteiger charge is 2.25. The van der Waals surface area contributed by atoms with Gasteiger partial charge in [0.25, 0.3) is 0 Å². The lowest BCUT2D eigenvalue weighted by Gasteiger charge is -2.29. The van der Waals surface area contributed by atoms with Gasteiger partial charge in [0.05, 0.1) is 12.7 Å². The van der Waals surface area contributed by atoms with E-state index in [9.17, 15) is 9.59 Å². The standard InChI is InChI=1S/C18H26N2O3/c1-12-6-5-7-14(3)20(11-12)18(22)19-16-10-15(17(21)23-4)9-8-13(16)2/h8-10,12,14H,5-7,11H2,1-4H3,(H,19,22)/t12-,14+/m1/s1. The van der Waals surface area contributed by atoms with E-state index in [0.717, 1.165) is 31.4 Å². The quantitative estimate of drug-likeness (QED) is 0.843. The minimum absolute atomic E-state index is 0.101. The summed E-state index contributed by atoms with van der Waals surface area (Å²) in [6, 6.07) is 5.31. The van der Waals surface area contributed by atoms with Crippen molar-refractivity contribution >= 4 is 17.7 Å². The molecule has 2 rings (SSSR count). The summed E-state index contributed by atoms with van der Waals surface area (Å²) in [5, 5.41) is 2.96. The third kappa shape index (κ3) is 4.24. The molecule has 0 bridgehead atoms. The topological polar surface area (TPSA) is 58.6 Å². The highest BCUT2D eigenvalue weighted by Crippen LogP contribution is 2.23. The van der Waals surface area contributed by atoms with Gasteiger partial charge in [-0.15, -0.1) is 0 Å². The van der Waals surface area contributed by atoms with E-state index in [1.807, 2.05) is 17.9 Å². The highest BCUT2D eigenvalue weighted by atomic mass is 16.5. The molecule has 0 saturated carbocycles. The zero-order chi connectivity index (χ0) is 17.0. The van der Waals surface area contributed by atoms with Crippen LogP contribution in [0.5, 0.6) is 0 Å². The Labute approximate surface area is 138 Å². The smallest absolute Gasteiger partial charge is 0.337 e. The lowest BCUT2D eigenvalue weighted by atomic mass is 10.1. The first-order valence-corrected chi connectivity index (χ1v) is 8.19. The predicted molar refractivity (Wildman–Crippen MR) is 90.7 cm³/mol. The van der Waals surface area contributed by atoms with E-state index in [-0.39, 0.29) is 12.1 Å². The van der Waals surface area contributed by atoms with Gasteiger partial charge in [0.15, 0.2) is 0 Å². The third-order valence-electron chi connectivity index (χ3n) is 4.52. The Balaban J connectivity index is 2.17. The lowest BCUT2D eigenvalue weighted by Crippen LogP contribution is -2.42. The molecule has 0 radical (unpaired) electrons. The second-order valence-corrected chi connectivity index (χ2v) is 6.49. The van der Waals surface area contributed by atoms with Crippen LogP contribution in [0.4, 0.5) is 10.5 Å². The van der Waals surface area contributed by atoms with E-state index in [1.54, 1.807) is 12.1 Å². The van der Waals surface area contributed by atoms with Crippen molar-refractivity contribution < 1.29 is 14.3 Å². The molecule has 1 aliphatic rings. The predicted octanol–water partition coefficient (Wildman–Crippen LogP) is 3.82. The van der Waals surface area contributed by atoms with Crippen molar-refractivity contribution in [2.24, 2.45) is 5.92 Å². The molecule has 5 nitrogen and oxygen atoms in total. The minimum atomic E-state index is -0.405. The Morgan fingerprint density at radius 1 is 1.26 bits per heavy atom. The number of carbonyl (C=O) groups is 2. The van der Waals surface area contributed by atoms with Crippen LogP contribution in [0.3, 0.4) is 0 Å². The largest absolute Gasteiger partial charge is 0.465 e. The number of carbonyl (C=O) groups excluding carboxylic acids is 2. The first-order chi connectivity index (χ1) is 10.9. The number of likely N-dealkylation sites (tertiary alicyclic amines) is 1. The number of hydrogen-bond donors (Lipinski definition) is 1. The van der Waals surface area contributed by atoms with Crippen molar-refractivity contribution in [3.8, 4) is 0 Å². The minimum Gasteiger partial charge on any atom is -0.465 e. The molecule has 1 saturated heterocycles. The first kappa shape index (κ1) is 17.3. The normalized spacial score (nSPS) is 21.5. The van der Waals surface area contributed by atoms with Crippen molar-refractivity contribution in [1.29, 1.82) is 0 Å². The summed E-state index contributed by atoms with van der Waals surface area (Å²) >= 11 is 0. The number of benzene rings is 1. The maximum absolute atomic E-state index is 12.7. The van der Waals surface area contributed by atoms with Crippen LogP contribution in [0, 0.1) is 12.8 Å². The fourth-order valence-electron chi connectivity index (χ4n) is 3.00. The number of urea groups is 1. The molecule has 0 aromatic heterocycles. The van der Waals surface area contributed by atoms with Crippen LogP contribution in [0.2, 0.25) is 0 Å². The number of aryl methyl sites for hydroxylation is 1. The number of nitrogens with one attached hydrogen (secondary N) is 1. The molecule has 126 valence electrons. The third-order valence-corrected chi connectivity index (χ3v) is 4.52. The van der Waals surface area contributed by atoms with Gasteiger partial charge in [-0.1, -0.05) is 19.4 Å². The SMILES string of the molecule is COC(=O)c1ccc(C)c(NC(=O)N2C[C@H](C)CCC[C@@H]2C)c1. The number of nitrogens with zero attached hydrogens (tertiary/aromatic N) is 1. The van der Waals surface area contributed by atoms with Gasteiger partial charge in [0, 0.05) is 18.3 Å². The summed E-state index contributed by atoms with van der Waals surface area (Å²) < 4.78 is 4.74. The van der Waals surface area contributed by atoms with Gasteiger partial charge >= 0.3 is 12.0 Å². The van der Waals surface area contributed by atoms with Crippen LogP contribution in [-0.2, 0) is 4.74 Å². The Kier molecular flexibility index (Phi) is 5.64. The van der Waals surface area contributed by atoms with Crippen molar-refractivity contribution in [3.05, 3.63) is 29.3 Å². The molecule has 1 N–H and O–H groups in total. The fraction of sp³-hybridized carbons (Fsp3) is 0.556. The molecule has 1 aromatic rings. The van der Waals surface area contributed by atoms with Gasteiger partial charge in [-0.2, -0.15) is 0 Å². The number of rotatable bonds is 2. The number of anilines is 1. The van der Waals surface area contributed by atoms with Crippen molar-refractivity contribution in [1.82, 2.24) is 4.90 Å². The molecule has 0 aliphatic carbocycles. The molecule has 0 spiro atoms. The maximum Gasteiger partial charge on any atom is 0.337 e. The summed E-state index contributed by atoms with van der Waals surface area (Å²) in [6.45, 7) is 6.95. The highest BCUT2D eigenvalue weighted by molar-refractivity contribution is 5.94. The van der Waals surface area contributed by atoms with Gasteiger partial charge in [-0.05, 0) is 50.3 Å². The zero-order valence-electron chi connectivity index (χ0n) is 14.4. The van der Waals surface area contributed by atoms with Crippen LogP contribution < -0.4 is 5.32 Å². The maximum atomic E-state index is 12.7. The Morgan fingerprint density at radius 3 is 2.70 bits per heavy atom. The first-order valence-electron chi connectivity index (χ1n) is 8.19. The van der Waals surface area contributed by atoms with Gasteiger partial charge in [-0.25, -0.2) is 9.59 Å². The molecule has 1 heterocycles. The molecule has 23 heavy (non-hydrogen) atoms. The van der Waals surface area contributed by atoms with Crippen molar-refractivity contribution in [2.75, 3.05) is 19.0 Å². The number of methoxy groups -OCH3 is 1. The fourth-order valence-corrected chi connectivity index (χ4v) is 3.00. The van der Waals surface area contributed by atoms with Crippen molar-refractivity contribution in [3.63, 3.8) is 0 Å². The molecular weight excluding hydrogens is 292 g/mol. The van der Waals surface area contributed by atoms with Crippen molar-refractivity contribution in [2.45, 2.75) is 46.1 Å². The lowest BCUT2D eigenvalue weighted by molar-refractivity contribution is 0.0600. The number of hydrogen-bond acceptors (Lipinski definition) is 3. The summed E-state index contributed by atoms with van der Waals surface area (Å²) in [4.78, 5) is 26.2. The van der Waals surface area contributed by atoms with E-state index in [2.05, 4.69) is 19.2 Å². The van der Waals surface area contributed by atoms with E-state index in [0.29, 0.717) is 17.2 Å². The van der Waals surface area contributed by atoms with Crippen LogP contribution >= 0.6 is 0 Å². The van der Waals surface area contributed by atoms with Crippen LogP contribution in [0.25, 0.3) is 0 Å². The van der Waals surface area contributed by atoms with Crippen LogP contribution in [-0.4, -0.2) is 36.6 Å². The van der Waals surface area contributed by atoms with Crippen LogP contribution in [0.1, 0.15) is 49.0 Å². The summed E-state index contributed by atoms with van der Waals surface area (Å²) in [5.41, 5.74) is 2.01. The monoisotopic (exact) mass is 318 g/mol. The van der Waals surface area contributed by atoms with Gasteiger partial charge in [0.1, 0.15) is 0 Å². The van der Waals surface area contributed by atoms with E-state index in [1.165, 1.54) is 7.11 Å². The summed E-state index contributed by atoms with van der Waals surface area (Å²) in [6.07, 6.45) is 3.34. The van der Waals surface area contributed by atoms with Gasteiger partial charge in [0.2, 0.25) is 0 Å². The Bertz CT molecular complexity index is 586. The summed E-state index contributed by atoms with van der Waals surface area (Å²) in [7, 11) is 1.35. The van der Waals surface area contributed by atoms with E-state index in [4.69, 9.17) is 4.74 Å². The van der Waals surface area contributed by atoms with Gasteiger partial charge < -0.3 is 15.0 Å². The molecule has 0 unspecified atom stereocenters. The molecule has 5 heteroatoms. The second kappa shape index (κ2) is 7.49. The second-order valence-electron chi connectivity index (χ2n) is 6.49. The number of amides is 2. The van der Waals surface area contributed by atoms with E-state index >= 15 is 0 Å². The van der Waals surface area contributed by atoms with Crippen LogP contribution in [0.15, 0.2) is 18.2 Å². The Morgan fingerprint density at radius 2 is 2.00 bits per heavy atom. The molecule has 1 aliphatic heterocycles. The molecule has 1 fully saturated rings. The number of esters is 1. The molecule has 1 aromatic carbocycles. The van der Waals surface area contributed by atoms with E-state index < -0.39 is 5.97 Å². The number of ether oxygens (including phenoxy) is 1. The van der Waals surface area contributed by atoms with Gasteiger partial charge in [-0.3, -0.25) is 0 Å². The summed E-state index contributed by atoms with van der Waals surface area (Å²) in [5.74, 6) is 0.102. The molecular formula is C18H26N2O3. The average Bonchev–Trinajstić information content (AvgIpc) is 2.69.